The maximum Gasteiger partial charge on any atom is 0.325 e. The second kappa shape index (κ2) is 11.2. The molecular weight excluding hydrogens is 437 g/mol. The zero-order valence-corrected chi connectivity index (χ0v) is 18.2. The first-order valence-corrected chi connectivity index (χ1v) is 9.87. The monoisotopic (exact) mass is 455 g/mol. The van der Waals surface area contributed by atoms with E-state index < -0.39 is 0 Å². The Morgan fingerprint density at radius 3 is 2.29 bits per heavy atom. The van der Waals surface area contributed by atoms with Gasteiger partial charge in [0.2, 0.25) is 0 Å². The largest absolute Gasteiger partial charge is 0.468 e. The highest BCUT2D eigenvalue weighted by Gasteiger charge is 2.10. The van der Waals surface area contributed by atoms with Crippen LogP contribution in [-0.4, -0.2) is 36.1 Å². The first-order valence-electron chi connectivity index (χ1n) is 8.30. The fraction of sp³-hybridized carbons (Fsp3) is 0.211. The molecule has 0 saturated heterocycles. The van der Waals surface area contributed by atoms with Gasteiger partial charge in [-0.05, 0) is 23.8 Å². The SMILES string of the molecule is COC(=O)CNC(=S)CNC(=S)Cc1ccccc1Nc1c(Cl)cccc1Cl. The van der Waals surface area contributed by atoms with Gasteiger partial charge in [0, 0.05) is 12.1 Å². The molecule has 0 aliphatic heterocycles. The van der Waals surface area contributed by atoms with Crippen molar-refractivity contribution in [3.05, 3.63) is 58.1 Å². The summed E-state index contributed by atoms with van der Waals surface area (Å²) in [5.74, 6) is -0.386. The zero-order valence-electron chi connectivity index (χ0n) is 15.1. The van der Waals surface area contributed by atoms with E-state index in [1.807, 2.05) is 24.3 Å². The summed E-state index contributed by atoms with van der Waals surface area (Å²) in [6.45, 7) is 0.353. The van der Waals surface area contributed by atoms with E-state index in [4.69, 9.17) is 47.6 Å². The highest BCUT2D eigenvalue weighted by atomic mass is 35.5. The standard InChI is InChI=1S/C19H19Cl2N3O2S2/c1-26-18(25)11-23-17(28)10-22-16(27)9-12-5-2-3-8-15(12)24-19-13(20)6-4-7-14(19)21/h2-8,24H,9-11H2,1H3,(H,22,27)(H,23,28). The topological polar surface area (TPSA) is 62.4 Å². The number of thiocarbonyl (C=S) groups is 2. The zero-order chi connectivity index (χ0) is 20.5. The van der Waals surface area contributed by atoms with E-state index in [-0.39, 0.29) is 12.5 Å². The minimum absolute atomic E-state index is 0.0229. The predicted octanol–water partition coefficient (Wildman–Crippen LogP) is 4.29. The molecule has 0 heterocycles. The van der Waals surface area contributed by atoms with Gasteiger partial charge >= 0.3 is 5.97 Å². The number of halogens is 2. The molecule has 0 aliphatic carbocycles. The van der Waals surface area contributed by atoms with Crippen molar-refractivity contribution in [1.29, 1.82) is 0 Å². The quantitative estimate of drug-likeness (QED) is 0.405. The maximum atomic E-state index is 11.1. The summed E-state index contributed by atoms with van der Waals surface area (Å²) in [7, 11) is 1.32. The van der Waals surface area contributed by atoms with E-state index in [1.54, 1.807) is 18.2 Å². The van der Waals surface area contributed by atoms with Crippen molar-refractivity contribution in [2.45, 2.75) is 6.42 Å². The maximum absolute atomic E-state index is 11.1. The minimum Gasteiger partial charge on any atom is -0.468 e. The molecule has 2 aromatic rings. The Kier molecular flexibility index (Phi) is 8.92. The molecule has 0 saturated carbocycles. The number of para-hydroxylation sites is 2. The molecule has 0 bridgehead atoms. The lowest BCUT2D eigenvalue weighted by Crippen LogP contribution is -2.38. The van der Waals surface area contributed by atoms with Crippen molar-refractivity contribution in [1.82, 2.24) is 10.6 Å². The molecule has 28 heavy (non-hydrogen) atoms. The summed E-state index contributed by atoms with van der Waals surface area (Å²) in [5.41, 5.74) is 2.47. The number of nitrogens with one attached hydrogen (secondary N) is 3. The lowest BCUT2D eigenvalue weighted by molar-refractivity contribution is -0.139. The second-order valence-corrected chi connectivity index (χ2v) is 7.49. The molecular formula is C19H19Cl2N3O2S2. The number of carbonyl (C=O) groups is 1. The number of rotatable bonds is 8. The molecule has 0 fully saturated rings. The normalized spacial score (nSPS) is 10.1. The third kappa shape index (κ3) is 6.91. The Hall–Kier alpha value is -1.93. The summed E-state index contributed by atoms with van der Waals surface area (Å²) in [4.78, 5) is 12.2. The molecule has 2 aromatic carbocycles. The molecule has 3 N–H and O–H groups in total. The van der Waals surface area contributed by atoms with Crippen LogP contribution in [0.1, 0.15) is 5.56 Å². The van der Waals surface area contributed by atoms with Gasteiger partial charge in [-0.15, -0.1) is 0 Å². The lowest BCUT2D eigenvalue weighted by atomic mass is 10.1. The van der Waals surface area contributed by atoms with Gasteiger partial charge in [0.25, 0.3) is 0 Å². The smallest absolute Gasteiger partial charge is 0.325 e. The van der Waals surface area contributed by atoms with Crippen molar-refractivity contribution in [2.75, 3.05) is 25.5 Å². The number of esters is 1. The Morgan fingerprint density at radius 2 is 1.61 bits per heavy atom. The summed E-state index contributed by atoms with van der Waals surface area (Å²) in [6, 6.07) is 13.1. The van der Waals surface area contributed by atoms with E-state index >= 15 is 0 Å². The molecule has 148 valence electrons. The molecule has 0 aromatic heterocycles. The van der Waals surface area contributed by atoms with Crippen LogP contribution in [0.3, 0.4) is 0 Å². The molecule has 0 radical (unpaired) electrons. The van der Waals surface area contributed by atoms with Gasteiger partial charge in [-0.1, -0.05) is 71.9 Å². The van der Waals surface area contributed by atoms with E-state index in [0.29, 0.717) is 38.7 Å². The highest BCUT2D eigenvalue weighted by Crippen LogP contribution is 2.33. The summed E-state index contributed by atoms with van der Waals surface area (Å²) < 4.78 is 4.55. The Bertz CT molecular complexity index is 858. The van der Waals surface area contributed by atoms with Crippen molar-refractivity contribution in [2.24, 2.45) is 0 Å². The average Bonchev–Trinajstić information content (AvgIpc) is 2.68. The predicted molar refractivity (Wildman–Crippen MR) is 123 cm³/mol. The van der Waals surface area contributed by atoms with Crippen LogP contribution in [0.25, 0.3) is 0 Å². The summed E-state index contributed by atoms with van der Waals surface area (Å²) in [5, 5.41) is 10.2. The van der Waals surface area contributed by atoms with Crippen molar-refractivity contribution >= 4 is 75.0 Å². The third-order valence-corrected chi connectivity index (χ3v) is 4.90. The van der Waals surface area contributed by atoms with Crippen LogP contribution < -0.4 is 16.0 Å². The Labute approximate surface area is 184 Å². The molecule has 0 atom stereocenters. The lowest BCUT2D eigenvalue weighted by Gasteiger charge is -2.15. The van der Waals surface area contributed by atoms with Crippen LogP contribution in [0, 0.1) is 0 Å². The fourth-order valence-corrected chi connectivity index (χ4v) is 3.13. The molecule has 0 spiro atoms. The van der Waals surface area contributed by atoms with Crippen LogP contribution in [0.2, 0.25) is 10.0 Å². The number of hydrogen-bond acceptors (Lipinski definition) is 5. The first-order chi connectivity index (χ1) is 13.4. The molecule has 5 nitrogen and oxygen atoms in total. The molecule has 0 aliphatic rings. The van der Waals surface area contributed by atoms with Crippen LogP contribution in [0.5, 0.6) is 0 Å². The van der Waals surface area contributed by atoms with Crippen molar-refractivity contribution in [3.63, 3.8) is 0 Å². The van der Waals surface area contributed by atoms with Crippen molar-refractivity contribution in [3.8, 4) is 0 Å². The fourth-order valence-electron chi connectivity index (χ4n) is 2.27. The first kappa shape index (κ1) is 22.4. The number of ether oxygens (including phenoxy) is 1. The number of methoxy groups -OCH3 is 1. The van der Waals surface area contributed by atoms with Gasteiger partial charge in [0.15, 0.2) is 0 Å². The minimum atomic E-state index is -0.386. The van der Waals surface area contributed by atoms with Gasteiger partial charge in [0.1, 0.15) is 6.54 Å². The summed E-state index contributed by atoms with van der Waals surface area (Å²) >= 11 is 23.1. The average molecular weight is 456 g/mol. The van der Waals surface area contributed by atoms with Crippen LogP contribution in [0.15, 0.2) is 42.5 Å². The Morgan fingerprint density at radius 1 is 0.964 bits per heavy atom. The van der Waals surface area contributed by atoms with Gasteiger partial charge < -0.3 is 20.7 Å². The van der Waals surface area contributed by atoms with Gasteiger partial charge in [-0.25, -0.2) is 0 Å². The van der Waals surface area contributed by atoms with Crippen LogP contribution >= 0.6 is 47.6 Å². The molecule has 0 amide bonds. The molecule has 0 unspecified atom stereocenters. The molecule has 9 heteroatoms. The van der Waals surface area contributed by atoms with E-state index in [1.165, 1.54) is 7.11 Å². The number of carbonyl (C=O) groups excluding carboxylic acids is 1. The van der Waals surface area contributed by atoms with Gasteiger partial charge in [-0.3, -0.25) is 4.79 Å². The van der Waals surface area contributed by atoms with Gasteiger partial charge in [0.05, 0.1) is 39.4 Å². The highest BCUT2D eigenvalue weighted by molar-refractivity contribution is 7.80. The third-order valence-electron chi connectivity index (χ3n) is 3.69. The second-order valence-electron chi connectivity index (χ2n) is 5.69. The number of benzene rings is 2. The number of hydrogen-bond donors (Lipinski definition) is 3. The van der Waals surface area contributed by atoms with Crippen LogP contribution in [-0.2, 0) is 16.0 Å². The van der Waals surface area contributed by atoms with E-state index in [2.05, 4.69) is 20.7 Å². The van der Waals surface area contributed by atoms with Gasteiger partial charge in [-0.2, -0.15) is 0 Å². The van der Waals surface area contributed by atoms with E-state index in [0.717, 1.165) is 11.3 Å². The summed E-state index contributed by atoms with van der Waals surface area (Å²) in [6.07, 6.45) is 0.500. The van der Waals surface area contributed by atoms with Crippen molar-refractivity contribution < 1.29 is 9.53 Å². The van der Waals surface area contributed by atoms with E-state index in [9.17, 15) is 4.79 Å². The Balaban J connectivity index is 1.96. The number of anilines is 2. The molecule has 2 rings (SSSR count). The van der Waals surface area contributed by atoms with Crippen LogP contribution in [0.4, 0.5) is 11.4 Å².